The smallest absolute Gasteiger partial charge is 0.103 e. The quantitative estimate of drug-likeness (QED) is 0.835. The lowest BCUT2D eigenvalue weighted by molar-refractivity contribution is 0.402. The molecule has 104 valence electrons. The zero-order chi connectivity index (χ0) is 14.5. The maximum Gasteiger partial charge on any atom is 0.103 e. The van der Waals surface area contributed by atoms with Gasteiger partial charge >= 0.3 is 0 Å². The fourth-order valence-corrected chi connectivity index (χ4v) is 2.36. The van der Waals surface area contributed by atoms with Crippen LogP contribution in [0.3, 0.4) is 0 Å². The third-order valence-corrected chi connectivity index (χ3v) is 3.35. The van der Waals surface area contributed by atoms with Crippen LogP contribution in [0.5, 0.6) is 0 Å². The first-order chi connectivity index (χ1) is 9.63. The van der Waals surface area contributed by atoms with Crippen LogP contribution in [-0.4, -0.2) is 44.1 Å². The van der Waals surface area contributed by atoms with E-state index in [1.165, 1.54) is 0 Å². The summed E-state index contributed by atoms with van der Waals surface area (Å²) >= 11 is 0. The Morgan fingerprint density at radius 2 is 1.90 bits per heavy atom. The molecule has 1 heterocycles. The molecule has 0 saturated heterocycles. The summed E-state index contributed by atoms with van der Waals surface area (Å²) in [6, 6.07) is 10.2. The molecule has 0 bridgehead atoms. The molecule has 0 aliphatic heterocycles. The van der Waals surface area contributed by atoms with Gasteiger partial charge in [0.25, 0.3) is 0 Å². The number of nitrogens with zero attached hydrogens (tertiary/aromatic N) is 4. The van der Waals surface area contributed by atoms with Gasteiger partial charge < -0.3 is 9.80 Å². The molecule has 4 heteroatoms. The maximum absolute atomic E-state index is 9.32. The molecule has 0 radical (unpaired) electrons. The Labute approximate surface area is 120 Å². The summed E-state index contributed by atoms with van der Waals surface area (Å²) < 4.78 is 0. The van der Waals surface area contributed by atoms with E-state index in [1.54, 1.807) is 6.20 Å². The molecule has 20 heavy (non-hydrogen) atoms. The molecule has 0 aliphatic rings. The van der Waals surface area contributed by atoms with Crippen molar-refractivity contribution in [3.8, 4) is 6.07 Å². The van der Waals surface area contributed by atoms with Gasteiger partial charge in [0.2, 0.25) is 0 Å². The standard InChI is InChI=1S/C16H20N4/c1-19(2)9-6-10-20(3)16-13(11-17)12-18-15-8-5-4-7-14(15)16/h4-5,7-8,12H,6,9-10H2,1-3H3. The van der Waals surface area contributed by atoms with E-state index in [9.17, 15) is 5.26 Å². The van der Waals surface area contributed by atoms with Crippen molar-refractivity contribution in [2.45, 2.75) is 6.42 Å². The highest BCUT2D eigenvalue weighted by Gasteiger charge is 2.12. The zero-order valence-electron chi connectivity index (χ0n) is 12.3. The molecular formula is C16H20N4. The highest BCUT2D eigenvalue weighted by atomic mass is 15.1. The normalized spacial score (nSPS) is 10.8. The average molecular weight is 268 g/mol. The fraction of sp³-hybridized carbons (Fsp3) is 0.375. The third kappa shape index (κ3) is 3.06. The van der Waals surface area contributed by atoms with Crippen molar-refractivity contribution in [2.75, 3.05) is 39.1 Å². The molecule has 0 fully saturated rings. The summed E-state index contributed by atoms with van der Waals surface area (Å²) in [6.45, 7) is 1.95. The van der Waals surface area contributed by atoms with Gasteiger partial charge in [-0.05, 0) is 33.1 Å². The van der Waals surface area contributed by atoms with Crippen LogP contribution in [0.4, 0.5) is 5.69 Å². The molecule has 4 nitrogen and oxygen atoms in total. The number of nitriles is 1. The monoisotopic (exact) mass is 268 g/mol. The zero-order valence-corrected chi connectivity index (χ0v) is 12.3. The minimum absolute atomic E-state index is 0.635. The maximum atomic E-state index is 9.32. The number of benzene rings is 1. The van der Waals surface area contributed by atoms with Crippen molar-refractivity contribution in [2.24, 2.45) is 0 Å². The van der Waals surface area contributed by atoms with Gasteiger partial charge in [0, 0.05) is 25.2 Å². The van der Waals surface area contributed by atoms with Gasteiger partial charge in [-0.1, -0.05) is 18.2 Å². The topological polar surface area (TPSA) is 43.2 Å². The van der Waals surface area contributed by atoms with Gasteiger partial charge in [-0.15, -0.1) is 0 Å². The van der Waals surface area contributed by atoms with E-state index in [2.05, 4.69) is 34.9 Å². The molecule has 0 spiro atoms. The number of fused-ring (bicyclic) bond motifs is 1. The number of hydrogen-bond donors (Lipinski definition) is 0. The van der Waals surface area contributed by atoms with E-state index in [1.807, 2.05) is 31.3 Å². The molecule has 0 saturated carbocycles. The van der Waals surface area contributed by atoms with Crippen LogP contribution in [0.2, 0.25) is 0 Å². The van der Waals surface area contributed by atoms with Crippen LogP contribution in [0.25, 0.3) is 10.9 Å². The summed E-state index contributed by atoms with van der Waals surface area (Å²) in [7, 11) is 6.18. The Hall–Kier alpha value is -2.12. The SMILES string of the molecule is CN(C)CCCN(C)c1c(C#N)cnc2ccccc12. The highest BCUT2D eigenvalue weighted by molar-refractivity contribution is 5.94. The van der Waals surface area contributed by atoms with Gasteiger partial charge in [-0.3, -0.25) is 4.98 Å². The Bertz CT molecular complexity index is 628. The molecular weight excluding hydrogens is 248 g/mol. The van der Waals surface area contributed by atoms with E-state index in [-0.39, 0.29) is 0 Å². The lowest BCUT2D eigenvalue weighted by atomic mass is 10.1. The number of pyridine rings is 1. The van der Waals surface area contributed by atoms with Crippen LogP contribution >= 0.6 is 0 Å². The number of para-hydroxylation sites is 1. The van der Waals surface area contributed by atoms with Gasteiger partial charge in [-0.2, -0.15) is 5.26 Å². The van der Waals surface area contributed by atoms with Crippen LogP contribution in [0.15, 0.2) is 30.5 Å². The lowest BCUT2D eigenvalue weighted by Crippen LogP contribution is -2.24. The number of hydrogen-bond acceptors (Lipinski definition) is 4. The van der Waals surface area contributed by atoms with Crippen molar-refractivity contribution < 1.29 is 0 Å². The average Bonchev–Trinajstić information content (AvgIpc) is 2.45. The van der Waals surface area contributed by atoms with Crippen molar-refractivity contribution in [3.05, 3.63) is 36.0 Å². The van der Waals surface area contributed by atoms with Crippen molar-refractivity contribution in [1.29, 1.82) is 5.26 Å². The van der Waals surface area contributed by atoms with Gasteiger partial charge in [-0.25, -0.2) is 0 Å². The number of rotatable bonds is 5. The predicted molar refractivity (Wildman–Crippen MR) is 82.9 cm³/mol. The molecule has 1 aromatic heterocycles. The van der Waals surface area contributed by atoms with Crippen molar-refractivity contribution in [1.82, 2.24) is 9.88 Å². The largest absolute Gasteiger partial charge is 0.373 e. The Balaban J connectivity index is 2.33. The molecule has 0 N–H and O–H groups in total. The summed E-state index contributed by atoms with van der Waals surface area (Å²) in [4.78, 5) is 8.68. The first kappa shape index (κ1) is 14.3. The second-order valence-corrected chi connectivity index (χ2v) is 5.23. The summed E-state index contributed by atoms with van der Waals surface area (Å²) in [6.07, 6.45) is 2.73. The van der Waals surface area contributed by atoms with E-state index in [4.69, 9.17) is 0 Å². The molecule has 2 rings (SSSR count). The third-order valence-electron chi connectivity index (χ3n) is 3.35. The predicted octanol–water partition coefficient (Wildman–Crippen LogP) is 2.49. The molecule has 0 aliphatic carbocycles. The van der Waals surface area contributed by atoms with Crippen molar-refractivity contribution in [3.63, 3.8) is 0 Å². The fourth-order valence-electron chi connectivity index (χ4n) is 2.36. The number of aromatic nitrogens is 1. The summed E-state index contributed by atoms with van der Waals surface area (Å²) in [5, 5.41) is 10.4. The van der Waals surface area contributed by atoms with E-state index in [0.717, 1.165) is 36.1 Å². The Morgan fingerprint density at radius 1 is 1.15 bits per heavy atom. The van der Waals surface area contributed by atoms with Gasteiger partial charge in [0.15, 0.2) is 0 Å². The van der Waals surface area contributed by atoms with E-state index >= 15 is 0 Å². The van der Waals surface area contributed by atoms with Gasteiger partial charge in [0.05, 0.1) is 16.8 Å². The van der Waals surface area contributed by atoms with Crippen molar-refractivity contribution >= 4 is 16.6 Å². The first-order valence-electron chi connectivity index (χ1n) is 6.77. The van der Waals surface area contributed by atoms with Gasteiger partial charge in [0.1, 0.15) is 6.07 Å². The molecule has 1 aromatic carbocycles. The second-order valence-electron chi connectivity index (χ2n) is 5.23. The first-order valence-corrected chi connectivity index (χ1v) is 6.77. The molecule has 0 atom stereocenters. The van der Waals surface area contributed by atoms with Crippen LogP contribution < -0.4 is 4.90 Å². The van der Waals surface area contributed by atoms with Crippen LogP contribution in [-0.2, 0) is 0 Å². The van der Waals surface area contributed by atoms with Crippen LogP contribution in [0.1, 0.15) is 12.0 Å². The molecule has 0 amide bonds. The van der Waals surface area contributed by atoms with E-state index < -0.39 is 0 Å². The minimum atomic E-state index is 0.635. The lowest BCUT2D eigenvalue weighted by Gasteiger charge is -2.23. The summed E-state index contributed by atoms with van der Waals surface area (Å²) in [5.41, 5.74) is 2.55. The highest BCUT2D eigenvalue weighted by Crippen LogP contribution is 2.28. The minimum Gasteiger partial charge on any atom is -0.373 e. The second kappa shape index (κ2) is 6.36. The Kier molecular flexibility index (Phi) is 4.54. The molecule has 2 aromatic rings. The van der Waals surface area contributed by atoms with E-state index in [0.29, 0.717) is 5.56 Å². The summed E-state index contributed by atoms with van der Waals surface area (Å²) in [5.74, 6) is 0. The molecule has 0 unspecified atom stereocenters. The number of anilines is 1. The Morgan fingerprint density at radius 3 is 2.60 bits per heavy atom. The van der Waals surface area contributed by atoms with Crippen LogP contribution in [0, 0.1) is 11.3 Å².